The second-order valence-electron chi connectivity index (χ2n) is 9.24. The van der Waals surface area contributed by atoms with Crippen LogP contribution in [0.15, 0.2) is 42.5 Å². The lowest BCUT2D eigenvalue weighted by atomic mass is 10.00. The van der Waals surface area contributed by atoms with Crippen molar-refractivity contribution in [2.75, 3.05) is 26.3 Å². The first-order valence-corrected chi connectivity index (χ1v) is 11.1. The lowest BCUT2D eigenvalue weighted by molar-refractivity contribution is 0.0284. The van der Waals surface area contributed by atoms with Crippen LogP contribution in [-0.2, 0) is 13.0 Å². The van der Waals surface area contributed by atoms with Gasteiger partial charge in [-0.25, -0.2) is 0 Å². The summed E-state index contributed by atoms with van der Waals surface area (Å²) in [6.07, 6.45) is 3.34. The Labute approximate surface area is 184 Å². The summed E-state index contributed by atoms with van der Waals surface area (Å²) in [5.74, 6) is 1.44. The molecule has 2 heterocycles. The molecule has 1 saturated heterocycles. The number of nitrogens with zero attached hydrogens (tertiary/aromatic N) is 1. The van der Waals surface area contributed by atoms with E-state index in [1.54, 1.807) is 38.1 Å². The van der Waals surface area contributed by atoms with Crippen LogP contribution in [0.1, 0.15) is 48.2 Å². The largest absolute Gasteiger partial charge is 0.491 e. The smallest absolute Gasteiger partial charge is 0.251 e. The quantitative estimate of drug-likeness (QED) is 0.715. The Hall–Kier alpha value is -2.57. The zero-order chi connectivity index (χ0) is 21.8. The molecule has 2 N–H and O–H groups in total. The number of fused-ring (bicyclic) bond motifs is 1. The molecule has 0 aliphatic carbocycles. The van der Waals surface area contributed by atoms with E-state index in [9.17, 15) is 9.90 Å². The van der Waals surface area contributed by atoms with Crippen molar-refractivity contribution in [2.24, 2.45) is 0 Å². The van der Waals surface area contributed by atoms with E-state index in [0.29, 0.717) is 17.9 Å². The van der Waals surface area contributed by atoms with Gasteiger partial charge in [-0.15, -0.1) is 0 Å². The van der Waals surface area contributed by atoms with Gasteiger partial charge in [-0.2, -0.15) is 0 Å². The Morgan fingerprint density at radius 2 is 1.94 bits per heavy atom. The molecule has 31 heavy (non-hydrogen) atoms. The van der Waals surface area contributed by atoms with Crippen LogP contribution in [0.5, 0.6) is 11.5 Å². The lowest BCUT2D eigenvalue weighted by Gasteiger charge is -2.27. The number of rotatable bonds is 7. The molecule has 2 aliphatic rings. The van der Waals surface area contributed by atoms with E-state index in [1.807, 2.05) is 0 Å². The van der Waals surface area contributed by atoms with Crippen molar-refractivity contribution in [3.05, 3.63) is 59.2 Å². The van der Waals surface area contributed by atoms with Crippen molar-refractivity contribution < 1.29 is 19.4 Å². The number of ether oxygens (including phenoxy) is 2. The molecule has 166 valence electrons. The van der Waals surface area contributed by atoms with Crippen molar-refractivity contribution in [1.82, 2.24) is 10.2 Å². The Morgan fingerprint density at radius 3 is 2.65 bits per heavy atom. The topological polar surface area (TPSA) is 71.0 Å². The summed E-state index contributed by atoms with van der Waals surface area (Å²) in [5.41, 5.74) is 2.09. The summed E-state index contributed by atoms with van der Waals surface area (Å²) < 4.78 is 11.5. The maximum atomic E-state index is 12.6. The van der Waals surface area contributed by atoms with Gasteiger partial charge >= 0.3 is 0 Å². The van der Waals surface area contributed by atoms with Gasteiger partial charge in [-0.05, 0) is 87.7 Å². The van der Waals surface area contributed by atoms with Gasteiger partial charge in [0, 0.05) is 12.1 Å². The second kappa shape index (κ2) is 9.28. The van der Waals surface area contributed by atoms with E-state index in [1.165, 1.54) is 31.5 Å². The van der Waals surface area contributed by atoms with Crippen LogP contribution in [0.2, 0.25) is 0 Å². The highest BCUT2D eigenvalue weighted by Crippen LogP contribution is 2.27. The molecule has 1 atom stereocenters. The summed E-state index contributed by atoms with van der Waals surface area (Å²) >= 11 is 0. The molecule has 2 aliphatic heterocycles. The average molecular weight is 425 g/mol. The molecule has 0 bridgehead atoms. The maximum Gasteiger partial charge on any atom is 0.251 e. The molecular weight excluding hydrogens is 392 g/mol. The van der Waals surface area contributed by atoms with E-state index in [4.69, 9.17) is 9.47 Å². The molecule has 2 aromatic rings. The first-order valence-electron chi connectivity index (χ1n) is 11.1. The normalized spacial score (nSPS) is 18.9. The molecule has 1 amide bonds. The molecule has 0 aromatic heterocycles. The van der Waals surface area contributed by atoms with Crippen LogP contribution in [-0.4, -0.2) is 53.9 Å². The number of amides is 1. The third kappa shape index (κ3) is 5.99. The molecule has 0 radical (unpaired) electrons. The number of benzene rings is 2. The van der Waals surface area contributed by atoms with E-state index in [-0.39, 0.29) is 18.6 Å². The number of likely N-dealkylation sites (tertiary alicyclic amines) is 1. The van der Waals surface area contributed by atoms with Gasteiger partial charge in [0.15, 0.2) is 0 Å². The zero-order valence-electron chi connectivity index (χ0n) is 18.4. The number of hydrogen-bond acceptors (Lipinski definition) is 5. The Kier molecular flexibility index (Phi) is 6.49. The fourth-order valence-corrected chi connectivity index (χ4v) is 4.04. The predicted octanol–water partition coefficient (Wildman–Crippen LogP) is 3.17. The Balaban J connectivity index is 1.31. The molecule has 0 unspecified atom stereocenters. The first-order chi connectivity index (χ1) is 14.9. The van der Waals surface area contributed by atoms with Gasteiger partial charge in [-0.3, -0.25) is 9.69 Å². The van der Waals surface area contributed by atoms with E-state index < -0.39 is 5.60 Å². The monoisotopic (exact) mass is 424 g/mol. The number of carbonyl (C=O) groups is 1. The minimum Gasteiger partial charge on any atom is -0.491 e. The third-order valence-electron chi connectivity index (χ3n) is 5.69. The fourth-order valence-electron chi connectivity index (χ4n) is 4.04. The van der Waals surface area contributed by atoms with Gasteiger partial charge in [0.25, 0.3) is 5.91 Å². The minimum atomic E-state index is -0.901. The molecule has 0 spiro atoms. The van der Waals surface area contributed by atoms with E-state index in [0.717, 1.165) is 24.3 Å². The highest BCUT2D eigenvalue weighted by atomic mass is 16.5. The van der Waals surface area contributed by atoms with Crippen molar-refractivity contribution in [3.63, 3.8) is 0 Å². The van der Waals surface area contributed by atoms with Crippen molar-refractivity contribution in [2.45, 2.75) is 51.3 Å². The highest BCUT2D eigenvalue weighted by Gasteiger charge is 2.23. The summed E-state index contributed by atoms with van der Waals surface area (Å²) in [4.78, 5) is 15.1. The lowest BCUT2D eigenvalue weighted by Crippen LogP contribution is -2.42. The Morgan fingerprint density at radius 1 is 1.19 bits per heavy atom. The summed E-state index contributed by atoms with van der Waals surface area (Å²) in [6, 6.07) is 13.4. The van der Waals surface area contributed by atoms with Crippen LogP contribution >= 0.6 is 0 Å². The SMILES string of the molecule is CC(C)(O)COc1ccc(C(=O)N[C@H]2COc3cc(CN4CCCC4)ccc3C2)cc1. The maximum absolute atomic E-state index is 12.6. The van der Waals surface area contributed by atoms with Gasteiger partial charge < -0.3 is 19.9 Å². The van der Waals surface area contributed by atoms with Crippen LogP contribution in [0, 0.1) is 0 Å². The Bertz CT molecular complexity index is 899. The number of carbonyl (C=O) groups excluding carboxylic acids is 1. The standard InChI is InChI=1S/C25H32N2O4/c1-25(2,29)17-31-22-9-7-19(8-10-22)24(28)26-21-14-20-6-5-18(13-23(20)30-16-21)15-27-11-3-4-12-27/h5-10,13,21,29H,3-4,11-12,14-17H2,1-2H3,(H,26,28)/t21-/m1/s1. The number of hydrogen-bond donors (Lipinski definition) is 2. The van der Waals surface area contributed by atoms with Gasteiger partial charge in [0.1, 0.15) is 24.7 Å². The van der Waals surface area contributed by atoms with Crippen molar-refractivity contribution in [1.29, 1.82) is 0 Å². The molecular formula is C25H32N2O4. The summed E-state index contributed by atoms with van der Waals surface area (Å²) in [5, 5.41) is 12.8. The molecule has 1 fully saturated rings. The zero-order valence-corrected chi connectivity index (χ0v) is 18.4. The average Bonchev–Trinajstić information content (AvgIpc) is 3.25. The fraction of sp³-hybridized carbons (Fsp3) is 0.480. The van der Waals surface area contributed by atoms with Gasteiger partial charge in [-0.1, -0.05) is 12.1 Å². The van der Waals surface area contributed by atoms with Gasteiger partial charge in [0.05, 0.1) is 11.6 Å². The van der Waals surface area contributed by atoms with Crippen LogP contribution in [0.25, 0.3) is 0 Å². The van der Waals surface area contributed by atoms with Crippen LogP contribution in [0.3, 0.4) is 0 Å². The predicted molar refractivity (Wildman–Crippen MR) is 120 cm³/mol. The minimum absolute atomic E-state index is 0.0597. The summed E-state index contributed by atoms with van der Waals surface area (Å²) in [7, 11) is 0. The number of nitrogens with one attached hydrogen (secondary N) is 1. The van der Waals surface area contributed by atoms with E-state index in [2.05, 4.69) is 28.4 Å². The first kappa shape index (κ1) is 21.7. The van der Waals surface area contributed by atoms with Crippen LogP contribution in [0.4, 0.5) is 0 Å². The third-order valence-corrected chi connectivity index (χ3v) is 5.69. The summed E-state index contributed by atoms with van der Waals surface area (Å²) in [6.45, 7) is 7.38. The highest BCUT2D eigenvalue weighted by molar-refractivity contribution is 5.94. The molecule has 6 nitrogen and oxygen atoms in total. The molecule has 0 saturated carbocycles. The number of aliphatic hydroxyl groups is 1. The second-order valence-corrected chi connectivity index (χ2v) is 9.24. The van der Waals surface area contributed by atoms with Gasteiger partial charge in [0.2, 0.25) is 0 Å². The van der Waals surface area contributed by atoms with E-state index >= 15 is 0 Å². The van der Waals surface area contributed by atoms with Crippen molar-refractivity contribution in [3.8, 4) is 11.5 Å². The molecule has 6 heteroatoms. The molecule has 2 aromatic carbocycles. The molecule has 4 rings (SSSR count). The van der Waals surface area contributed by atoms with Crippen LogP contribution < -0.4 is 14.8 Å². The van der Waals surface area contributed by atoms with Crippen molar-refractivity contribution >= 4 is 5.91 Å².